The van der Waals surface area contributed by atoms with E-state index in [1.54, 1.807) is 6.20 Å². The maximum atomic E-state index is 14.4. The minimum Gasteiger partial charge on any atom is -0.336 e. The van der Waals surface area contributed by atoms with E-state index >= 15 is 0 Å². The predicted molar refractivity (Wildman–Crippen MR) is 89.7 cm³/mol. The summed E-state index contributed by atoms with van der Waals surface area (Å²) in [4.78, 5) is 10.6. The standard InChI is InChI=1S/C18H17F2N5/c19-13-3-4-16(15(20)10-13)25-11-14-2-1-7-24(14)18(25)23-8-5-17-21-6-9-22(17)12-23/h3-6,8-11,18H,1-2,7,12H2. The third kappa shape index (κ3) is 2.22. The third-order valence-corrected chi connectivity index (χ3v) is 4.98. The molecule has 5 rings (SSSR count). The van der Waals surface area contributed by atoms with Gasteiger partial charge in [-0.2, -0.15) is 0 Å². The summed E-state index contributed by atoms with van der Waals surface area (Å²) >= 11 is 0. The van der Waals surface area contributed by atoms with Gasteiger partial charge in [0.2, 0.25) is 0 Å². The Morgan fingerprint density at radius 2 is 2.12 bits per heavy atom. The van der Waals surface area contributed by atoms with Gasteiger partial charge in [0.25, 0.3) is 0 Å². The first kappa shape index (κ1) is 14.5. The molecule has 0 aliphatic carbocycles. The molecule has 0 amide bonds. The molecule has 0 radical (unpaired) electrons. The molecule has 4 heterocycles. The molecular formula is C18H17F2N5. The summed E-state index contributed by atoms with van der Waals surface area (Å²) in [5, 5.41) is 0. The maximum absolute atomic E-state index is 14.4. The van der Waals surface area contributed by atoms with Gasteiger partial charge in [-0.15, -0.1) is 0 Å². The second kappa shape index (κ2) is 5.34. The number of allylic oxidation sites excluding steroid dienone is 1. The van der Waals surface area contributed by atoms with Gasteiger partial charge >= 0.3 is 0 Å². The summed E-state index contributed by atoms with van der Waals surface area (Å²) in [6.07, 6.45) is 11.6. The van der Waals surface area contributed by atoms with E-state index in [2.05, 4.69) is 14.8 Å². The van der Waals surface area contributed by atoms with Crippen LogP contribution in [0.1, 0.15) is 18.7 Å². The maximum Gasteiger partial charge on any atom is 0.186 e. The average Bonchev–Trinajstić information content (AvgIpc) is 3.29. The molecule has 3 aliphatic heterocycles. The molecule has 2 aromatic rings. The van der Waals surface area contributed by atoms with Gasteiger partial charge < -0.3 is 19.3 Å². The molecule has 25 heavy (non-hydrogen) atoms. The van der Waals surface area contributed by atoms with Crippen LogP contribution < -0.4 is 4.90 Å². The van der Waals surface area contributed by atoms with Crippen molar-refractivity contribution in [2.45, 2.75) is 25.8 Å². The summed E-state index contributed by atoms with van der Waals surface area (Å²) in [5.74, 6) is -0.207. The highest BCUT2D eigenvalue weighted by Crippen LogP contribution is 2.38. The van der Waals surface area contributed by atoms with Crippen molar-refractivity contribution in [3.8, 4) is 0 Å². The van der Waals surface area contributed by atoms with Crippen LogP contribution in [0, 0.1) is 11.6 Å². The van der Waals surface area contributed by atoms with Gasteiger partial charge in [-0.1, -0.05) is 0 Å². The zero-order valence-electron chi connectivity index (χ0n) is 13.5. The number of rotatable bonds is 2. The number of nitrogens with zero attached hydrogens (tertiary/aromatic N) is 5. The van der Waals surface area contributed by atoms with Crippen LogP contribution in [0.4, 0.5) is 14.5 Å². The van der Waals surface area contributed by atoms with Crippen molar-refractivity contribution in [3.63, 3.8) is 0 Å². The van der Waals surface area contributed by atoms with E-state index in [4.69, 9.17) is 0 Å². The summed E-state index contributed by atoms with van der Waals surface area (Å²) in [6.45, 7) is 1.56. The van der Waals surface area contributed by atoms with Gasteiger partial charge in [0.05, 0.1) is 12.4 Å². The lowest BCUT2D eigenvalue weighted by Crippen LogP contribution is -2.51. The van der Waals surface area contributed by atoms with Crippen molar-refractivity contribution >= 4 is 11.8 Å². The summed E-state index contributed by atoms with van der Waals surface area (Å²) in [7, 11) is 0. The fourth-order valence-electron chi connectivity index (χ4n) is 3.86. The van der Waals surface area contributed by atoms with Crippen LogP contribution in [0.2, 0.25) is 0 Å². The van der Waals surface area contributed by atoms with Crippen molar-refractivity contribution in [2.24, 2.45) is 0 Å². The lowest BCUT2D eigenvalue weighted by atomic mass is 10.2. The molecule has 1 saturated heterocycles. The normalized spacial score (nSPS) is 21.6. The summed E-state index contributed by atoms with van der Waals surface area (Å²) in [5.41, 5.74) is 1.58. The molecule has 3 aliphatic rings. The van der Waals surface area contributed by atoms with Crippen molar-refractivity contribution in [1.29, 1.82) is 0 Å². The zero-order valence-corrected chi connectivity index (χ0v) is 13.5. The fraction of sp³-hybridized carbons (Fsp3) is 0.278. The van der Waals surface area contributed by atoms with Crippen LogP contribution in [-0.2, 0) is 6.67 Å². The predicted octanol–water partition coefficient (Wildman–Crippen LogP) is 3.15. The van der Waals surface area contributed by atoms with Gasteiger partial charge in [-0.05, 0) is 31.1 Å². The molecule has 7 heteroatoms. The highest BCUT2D eigenvalue weighted by Gasteiger charge is 2.40. The summed E-state index contributed by atoms with van der Waals surface area (Å²) < 4.78 is 29.8. The number of aromatic nitrogens is 2. The van der Waals surface area contributed by atoms with Crippen molar-refractivity contribution < 1.29 is 8.78 Å². The minimum atomic E-state index is -0.564. The van der Waals surface area contributed by atoms with Gasteiger partial charge in [-0.3, -0.25) is 0 Å². The molecule has 1 fully saturated rings. The zero-order chi connectivity index (χ0) is 17.0. The number of hydrogen-bond acceptors (Lipinski definition) is 4. The third-order valence-electron chi connectivity index (χ3n) is 4.98. The number of benzene rings is 1. The van der Waals surface area contributed by atoms with E-state index in [9.17, 15) is 8.78 Å². The van der Waals surface area contributed by atoms with Crippen LogP contribution in [0.5, 0.6) is 0 Å². The van der Waals surface area contributed by atoms with Gasteiger partial charge in [0, 0.05) is 43.1 Å². The molecule has 1 aromatic carbocycles. The number of imidazole rings is 1. The Morgan fingerprint density at radius 3 is 3.00 bits per heavy atom. The number of halogens is 2. The Bertz CT molecular complexity index is 887. The molecule has 1 aromatic heterocycles. The van der Waals surface area contributed by atoms with Crippen LogP contribution in [-0.4, -0.2) is 32.2 Å². The molecule has 128 valence electrons. The Morgan fingerprint density at radius 1 is 1.20 bits per heavy atom. The first-order valence-corrected chi connectivity index (χ1v) is 8.36. The molecule has 0 saturated carbocycles. The Labute approximate surface area is 144 Å². The molecule has 0 spiro atoms. The number of fused-ring (bicyclic) bond motifs is 2. The lowest BCUT2D eigenvalue weighted by molar-refractivity contribution is 0.110. The highest BCUT2D eigenvalue weighted by atomic mass is 19.1. The van der Waals surface area contributed by atoms with E-state index in [1.807, 2.05) is 34.1 Å². The van der Waals surface area contributed by atoms with Crippen LogP contribution >= 0.6 is 0 Å². The lowest BCUT2D eigenvalue weighted by Gasteiger charge is -2.41. The second-order valence-corrected chi connectivity index (χ2v) is 6.49. The van der Waals surface area contributed by atoms with Crippen molar-refractivity contribution in [2.75, 3.05) is 11.4 Å². The largest absolute Gasteiger partial charge is 0.336 e. The SMILES string of the molecule is Fc1ccc(N2C=C3CCCN3C2N2C=Cc3nccn3C2)c(F)c1. The molecule has 0 N–H and O–H groups in total. The second-order valence-electron chi connectivity index (χ2n) is 6.49. The van der Waals surface area contributed by atoms with Gasteiger partial charge in [-0.25, -0.2) is 13.8 Å². The minimum absolute atomic E-state index is 0.163. The first-order valence-electron chi connectivity index (χ1n) is 8.36. The monoisotopic (exact) mass is 341 g/mol. The Kier molecular flexibility index (Phi) is 3.10. The molecule has 1 unspecified atom stereocenters. The smallest absolute Gasteiger partial charge is 0.186 e. The van der Waals surface area contributed by atoms with Crippen LogP contribution in [0.15, 0.2) is 48.7 Å². The fourth-order valence-corrected chi connectivity index (χ4v) is 3.86. The molecular weight excluding hydrogens is 324 g/mol. The number of anilines is 1. The van der Waals surface area contributed by atoms with E-state index in [1.165, 1.54) is 17.8 Å². The number of hydrogen-bond donors (Lipinski definition) is 0. The highest BCUT2D eigenvalue weighted by molar-refractivity contribution is 5.55. The van der Waals surface area contributed by atoms with Gasteiger partial charge in [0.15, 0.2) is 6.29 Å². The summed E-state index contributed by atoms with van der Waals surface area (Å²) in [6, 6.07) is 3.75. The van der Waals surface area contributed by atoms with Crippen molar-refractivity contribution in [3.05, 3.63) is 66.1 Å². The molecule has 1 atom stereocenters. The molecule has 0 bridgehead atoms. The van der Waals surface area contributed by atoms with E-state index in [0.29, 0.717) is 12.4 Å². The van der Waals surface area contributed by atoms with Crippen LogP contribution in [0.3, 0.4) is 0 Å². The van der Waals surface area contributed by atoms with Gasteiger partial charge in [0.1, 0.15) is 17.5 Å². The van der Waals surface area contributed by atoms with E-state index in [-0.39, 0.29) is 6.29 Å². The first-order chi connectivity index (χ1) is 12.2. The Balaban J connectivity index is 1.54. The van der Waals surface area contributed by atoms with E-state index in [0.717, 1.165) is 31.3 Å². The average molecular weight is 341 g/mol. The van der Waals surface area contributed by atoms with Crippen LogP contribution in [0.25, 0.3) is 6.08 Å². The quantitative estimate of drug-likeness (QED) is 0.839. The topological polar surface area (TPSA) is 27.5 Å². The van der Waals surface area contributed by atoms with Crippen molar-refractivity contribution in [1.82, 2.24) is 19.4 Å². The Hall–Kier alpha value is -2.83. The van der Waals surface area contributed by atoms with E-state index < -0.39 is 11.6 Å². The molecule has 5 nitrogen and oxygen atoms in total.